The van der Waals surface area contributed by atoms with Crippen LogP contribution in [0.25, 0.3) is 5.65 Å². The summed E-state index contributed by atoms with van der Waals surface area (Å²) in [6.45, 7) is 2.31. The maximum absolute atomic E-state index is 12.6. The molecule has 0 saturated carbocycles. The van der Waals surface area contributed by atoms with Crippen molar-refractivity contribution in [2.24, 2.45) is 0 Å². The Bertz CT molecular complexity index is 962. The lowest BCUT2D eigenvalue weighted by atomic mass is 10.1. The van der Waals surface area contributed by atoms with E-state index in [1.165, 1.54) is 28.9 Å². The molecule has 0 atom stereocenters. The first-order valence-corrected chi connectivity index (χ1v) is 7.96. The molecule has 1 saturated heterocycles. The molecule has 0 unspecified atom stereocenters. The molecule has 1 aromatic carbocycles. The molecule has 11 nitrogen and oxygen atoms in total. The van der Waals surface area contributed by atoms with Crippen LogP contribution in [-0.4, -0.2) is 67.2 Å². The van der Waals surface area contributed by atoms with E-state index >= 15 is 0 Å². The van der Waals surface area contributed by atoms with Crippen molar-refractivity contribution in [3.05, 3.63) is 52.1 Å². The van der Waals surface area contributed by atoms with Gasteiger partial charge in [-0.15, -0.1) is 14.8 Å². The maximum Gasteiger partial charge on any atom is 0.269 e. The van der Waals surface area contributed by atoms with Gasteiger partial charge in [0.15, 0.2) is 11.5 Å². The van der Waals surface area contributed by atoms with Crippen LogP contribution in [0.4, 0.5) is 11.5 Å². The molecule has 0 bridgehead atoms. The summed E-state index contributed by atoms with van der Waals surface area (Å²) >= 11 is 0. The van der Waals surface area contributed by atoms with Gasteiger partial charge in [-0.2, -0.15) is 0 Å². The van der Waals surface area contributed by atoms with Gasteiger partial charge in [0.1, 0.15) is 0 Å². The van der Waals surface area contributed by atoms with E-state index in [9.17, 15) is 14.9 Å². The number of nitrogens with zero attached hydrogens (tertiary/aromatic N) is 8. The van der Waals surface area contributed by atoms with Crippen LogP contribution in [0.3, 0.4) is 0 Å². The number of anilines is 1. The van der Waals surface area contributed by atoms with E-state index in [1.54, 1.807) is 11.0 Å². The van der Waals surface area contributed by atoms with E-state index in [4.69, 9.17) is 0 Å². The fourth-order valence-electron chi connectivity index (χ4n) is 2.86. The molecule has 0 spiro atoms. The van der Waals surface area contributed by atoms with E-state index in [-0.39, 0.29) is 11.6 Å². The third-order valence-electron chi connectivity index (χ3n) is 4.27. The molecule has 1 amide bonds. The number of rotatable bonds is 3. The first-order valence-electron chi connectivity index (χ1n) is 7.96. The summed E-state index contributed by atoms with van der Waals surface area (Å²) in [5, 5.41) is 26.2. The maximum atomic E-state index is 12.6. The second kappa shape index (κ2) is 6.35. The average Bonchev–Trinajstić information content (AvgIpc) is 3.15. The fraction of sp³-hybridized carbons (Fsp3) is 0.267. The SMILES string of the molecule is O=C(c1ccc([N+](=O)[O-])cc1)N1CCN(c2ccc3nnnn3n2)CC1. The van der Waals surface area contributed by atoms with Gasteiger partial charge in [-0.1, -0.05) is 0 Å². The molecule has 4 rings (SSSR count). The number of tetrazole rings is 1. The van der Waals surface area contributed by atoms with Gasteiger partial charge in [-0.3, -0.25) is 14.9 Å². The van der Waals surface area contributed by atoms with Crippen molar-refractivity contribution in [2.75, 3.05) is 31.1 Å². The zero-order valence-electron chi connectivity index (χ0n) is 13.6. The van der Waals surface area contributed by atoms with Gasteiger partial charge < -0.3 is 9.80 Å². The number of hydrogen-bond donors (Lipinski definition) is 0. The number of piperazine rings is 1. The van der Waals surface area contributed by atoms with Crippen LogP contribution >= 0.6 is 0 Å². The smallest absolute Gasteiger partial charge is 0.269 e. The Morgan fingerprint density at radius 3 is 2.46 bits per heavy atom. The topological polar surface area (TPSA) is 123 Å². The molecule has 1 fully saturated rings. The molecule has 2 aromatic heterocycles. The van der Waals surface area contributed by atoms with Crippen LogP contribution < -0.4 is 4.90 Å². The highest BCUT2D eigenvalue weighted by atomic mass is 16.6. The number of amides is 1. The van der Waals surface area contributed by atoms with Crippen LogP contribution in [0.5, 0.6) is 0 Å². The summed E-state index contributed by atoms with van der Waals surface area (Å²) < 4.78 is 1.36. The van der Waals surface area contributed by atoms with Crippen molar-refractivity contribution >= 4 is 23.1 Å². The lowest BCUT2D eigenvalue weighted by Gasteiger charge is -2.35. The van der Waals surface area contributed by atoms with Crippen LogP contribution in [0.2, 0.25) is 0 Å². The molecule has 0 radical (unpaired) electrons. The highest BCUT2D eigenvalue weighted by molar-refractivity contribution is 5.94. The number of non-ortho nitro benzene ring substituents is 1. The molecule has 1 aliphatic rings. The normalized spacial score (nSPS) is 14.6. The Morgan fingerprint density at radius 1 is 1.04 bits per heavy atom. The van der Waals surface area contributed by atoms with Crippen molar-refractivity contribution in [3.8, 4) is 0 Å². The van der Waals surface area contributed by atoms with Crippen LogP contribution in [0.15, 0.2) is 36.4 Å². The molecular weight excluding hydrogens is 340 g/mol. The summed E-state index contributed by atoms with van der Waals surface area (Å²) in [4.78, 5) is 26.6. The van der Waals surface area contributed by atoms with Crippen molar-refractivity contribution < 1.29 is 9.72 Å². The van der Waals surface area contributed by atoms with Gasteiger partial charge in [0.2, 0.25) is 0 Å². The fourth-order valence-corrected chi connectivity index (χ4v) is 2.86. The number of hydrogen-bond acceptors (Lipinski definition) is 8. The van der Waals surface area contributed by atoms with E-state index < -0.39 is 4.92 Å². The summed E-state index contributed by atoms with van der Waals surface area (Å²) in [5.41, 5.74) is 0.980. The molecule has 3 aromatic rings. The largest absolute Gasteiger partial charge is 0.352 e. The Hall–Kier alpha value is -3.63. The van der Waals surface area contributed by atoms with Crippen molar-refractivity contribution in [1.82, 2.24) is 30.2 Å². The summed E-state index contributed by atoms with van der Waals surface area (Å²) in [6.07, 6.45) is 0. The predicted octanol–water partition coefficient (Wildman–Crippen LogP) is 0.390. The Balaban J connectivity index is 1.42. The zero-order valence-corrected chi connectivity index (χ0v) is 13.6. The molecule has 0 aliphatic carbocycles. The Kier molecular flexibility index (Phi) is 3.88. The third-order valence-corrected chi connectivity index (χ3v) is 4.27. The molecule has 26 heavy (non-hydrogen) atoms. The number of benzene rings is 1. The van der Waals surface area contributed by atoms with Gasteiger partial charge in [0, 0.05) is 43.9 Å². The Morgan fingerprint density at radius 2 is 1.77 bits per heavy atom. The number of aromatic nitrogens is 5. The van der Waals surface area contributed by atoms with Crippen LogP contribution in [0.1, 0.15) is 10.4 Å². The molecule has 132 valence electrons. The Labute approximate surface area is 147 Å². The van der Waals surface area contributed by atoms with E-state index in [0.717, 1.165) is 5.82 Å². The van der Waals surface area contributed by atoms with Crippen molar-refractivity contribution in [3.63, 3.8) is 0 Å². The number of fused-ring (bicyclic) bond motifs is 1. The number of carbonyl (C=O) groups is 1. The molecule has 11 heteroatoms. The summed E-state index contributed by atoms with van der Waals surface area (Å²) in [5.74, 6) is 0.607. The first kappa shape index (κ1) is 15.9. The monoisotopic (exact) mass is 354 g/mol. The molecule has 0 N–H and O–H groups in total. The van der Waals surface area contributed by atoms with E-state index in [1.807, 2.05) is 6.07 Å². The van der Waals surface area contributed by atoms with Crippen molar-refractivity contribution in [2.45, 2.75) is 0 Å². The lowest BCUT2D eigenvalue weighted by Crippen LogP contribution is -2.49. The third kappa shape index (κ3) is 2.90. The standard InChI is InChI=1S/C15H14N8O3/c24-15(11-1-3-12(4-2-11)23(25)26)21-9-7-20(8-10-21)14-6-5-13-16-18-19-22(13)17-14/h1-6H,7-10H2. The minimum Gasteiger partial charge on any atom is -0.352 e. The highest BCUT2D eigenvalue weighted by Crippen LogP contribution is 2.17. The first-order chi connectivity index (χ1) is 12.6. The van der Waals surface area contributed by atoms with Crippen molar-refractivity contribution in [1.29, 1.82) is 0 Å². The van der Waals surface area contributed by atoms with Gasteiger partial charge in [-0.25, -0.2) is 0 Å². The van der Waals surface area contributed by atoms with Gasteiger partial charge >= 0.3 is 0 Å². The minimum absolute atomic E-state index is 0.0320. The van der Waals surface area contributed by atoms with Gasteiger partial charge in [-0.05, 0) is 34.7 Å². The van der Waals surface area contributed by atoms with Gasteiger partial charge in [0.25, 0.3) is 11.6 Å². The summed E-state index contributed by atoms with van der Waals surface area (Å²) in [7, 11) is 0. The molecule has 1 aliphatic heterocycles. The van der Waals surface area contributed by atoms with Crippen LogP contribution in [-0.2, 0) is 0 Å². The average molecular weight is 354 g/mol. The predicted molar refractivity (Wildman–Crippen MR) is 89.8 cm³/mol. The van der Waals surface area contributed by atoms with Gasteiger partial charge in [0.05, 0.1) is 4.92 Å². The van der Waals surface area contributed by atoms with Crippen LogP contribution in [0, 0.1) is 10.1 Å². The lowest BCUT2D eigenvalue weighted by molar-refractivity contribution is -0.384. The quantitative estimate of drug-likeness (QED) is 0.489. The minimum atomic E-state index is -0.485. The number of nitro groups is 1. The second-order valence-electron chi connectivity index (χ2n) is 5.80. The second-order valence-corrected chi connectivity index (χ2v) is 5.80. The van der Waals surface area contributed by atoms with E-state index in [2.05, 4.69) is 25.5 Å². The van der Waals surface area contributed by atoms with E-state index in [0.29, 0.717) is 37.4 Å². The number of nitro benzene ring substituents is 1. The molecular formula is C15H14N8O3. The molecule has 3 heterocycles. The zero-order chi connectivity index (χ0) is 18.1. The summed E-state index contributed by atoms with van der Waals surface area (Å²) in [6, 6.07) is 9.29. The number of carbonyl (C=O) groups excluding carboxylic acids is 1. The highest BCUT2D eigenvalue weighted by Gasteiger charge is 2.23.